The van der Waals surface area contributed by atoms with Crippen molar-refractivity contribution in [1.29, 1.82) is 0 Å². The molecule has 0 aliphatic heterocycles. The summed E-state index contributed by atoms with van der Waals surface area (Å²) in [5, 5.41) is 9.32. The van der Waals surface area contributed by atoms with Crippen LogP contribution in [-0.2, 0) is 11.2 Å². The van der Waals surface area contributed by atoms with Gasteiger partial charge >= 0.3 is 0 Å². The van der Waals surface area contributed by atoms with Crippen molar-refractivity contribution in [3.8, 4) is 10.7 Å². The van der Waals surface area contributed by atoms with Gasteiger partial charge in [0.1, 0.15) is 0 Å². The fourth-order valence-electron chi connectivity index (χ4n) is 6.26. The Morgan fingerprint density at radius 3 is 2.63 bits per heavy atom. The Bertz CT molecular complexity index is 778. The Balaban J connectivity index is 1.17. The van der Waals surface area contributed by atoms with Gasteiger partial charge in [-0.05, 0) is 80.1 Å². The fourth-order valence-corrected chi connectivity index (χ4v) is 6.91. The summed E-state index contributed by atoms with van der Waals surface area (Å²) in [5.74, 6) is 3.98. The van der Waals surface area contributed by atoms with Gasteiger partial charge in [-0.3, -0.25) is 4.79 Å². The number of carbonyl (C=O) groups excluding carboxylic acids is 1. The van der Waals surface area contributed by atoms with Crippen molar-refractivity contribution < 1.29 is 9.32 Å². The van der Waals surface area contributed by atoms with E-state index in [-0.39, 0.29) is 11.9 Å². The van der Waals surface area contributed by atoms with E-state index in [1.807, 2.05) is 17.5 Å². The van der Waals surface area contributed by atoms with Crippen LogP contribution in [-0.4, -0.2) is 22.1 Å². The van der Waals surface area contributed by atoms with Crippen molar-refractivity contribution in [3.05, 3.63) is 23.4 Å². The van der Waals surface area contributed by atoms with Crippen LogP contribution in [0.5, 0.6) is 0 Å². The van der Waals surface area contributed by atoms with Gasteiger partial charge in [0, 0.05) is 18.9 Å². The minimum Gasteiger partial charge on any atom is -0.353 e. The van der Waals surface area contributed by atoms with E-state index < -0.39 is 0 Å². The SMILES string of the molecule is CC(NC(=O)CCc1nc(-c2cccs2)no1)C12CC3CC(CC(C3)C1)C2. The molecule has 1 atom stereocenters. The minimum absolute atomic E-state index is 0.106. The van der Waals surface area contributed by atoms with Gasteiger partial charge in [0.25, 0.3) is 0 Å². The van der Waals surface area contributed by atoms with Crippen LogP contribution in [0.15, 0.2) is 22.0 Å². The van der Waals surface area contributed by atoms with Crippen molar-refractivity contribution >= 4 is 17.2 Å². The molecular weight excluding hydrogens is 358 g/mol. The van der Waals surface area contributed by atoms with Crippen molar-refractivity contribution in [1.82, 2.24) is 15.5 Å². The second-order valence-electron chi connectivity index (χ2n) is 9.06. The van der Waals surface area contributed by atoms with Crippen molar-refractivity contribution in [2.24, 2.45) is 23.2 Å². The Kier molecular flexibility index (Phi) is 4.34. The molecule has 6 rings (SSSR count). The maximum atomic E-state index is 12.6. The van der Waals surface area contributed by atoms with Gasteiger partial charge in [-0.25, -0.2) is 0 Å². The summed E-state index contributed by atoms with van der Waals surface area (Å²) < 4.78 is 5.31. The van der Waals surface area contributed by atoms with E-state index >= 15 is 0 Å². The van der Waals surface area contributed by atoms with E-state index in [2.05, 4.69) is 22.4 Å². The summed E-state index contributed by atoms with van der Waals surface area (Å²) in [5.41, 5.74) is 0.348. The van der Waals surface area contributed by atoms with Crippen LogP contribution in [0.25, 0.3) is 10.7 Å². The van der Waals surface area contributed by atoms with Gasteiger partial charge in [0.15, 0.2) is 0 Å². The molecule has 0 saturated heterocycles. The van der Waals surface area contributed by atoms with Crippen LogP contribution in [0.2, 0.25) is 0 Å². The molecule has 0 radical (unpaired) electrons. The number of aryl methyl sites for hydroxylation is 1. The first-order valence-corrected chi connectivity index (χ1v) is 11.1. The first kappa shape index (κ1) is 17.4. The highest BCUT2D eigenvalue weighted by molar-refractivity contribution is 7.13. The van der Waals surface area contributed by atoms with E-state index in [1.165, 1.54) is 38.5 Å². The third-order valence-corrected chi connectivity index (χ3v) is 8.02. The highest BCUT2D eigenvalue weighted by atomic mass is 32.1. The molecule has 1 amide bonds. The fraction of sp³-hybridized carbons (Fsp3) is 0.667. The van der Waals surface area contributed by atoms with Crippen LogP contribution in [0.1, 0.15) is 57.8 Å². The number of amides is 1. The number of thiophene rings is 1. The summed E-state index contributed by atoms with van der Waals surface area (Å²) in [4.78, 5) is 18.0. The van der Waals surface area contributed by atoms with Gasteiger partial charge in [0.2, 0.25) is 17.6 Å². The summed E-state index contributed by atoms with van der Waals surface area (Å²) in [6.07, 6.45) is 9.15. The third-order valence-electron chi connectivity index (χ3n) is 7.16. The Labute approximate surface area is 163 Å². The van der Waals surface area contributed by atoms with Gasteiger partial charge in [0.05, 0.1) is 4.88 Å². The summed E-state index contributed by atoms with van der Waals surface area (Å²) in [6, 6.07) is 4.21. The lowest BCUT2D eigenvalue weighted by molar-refractivity contribution is -0.125. The zero-order chi connectivity index (χ0) is 18.4. The molecule has 5 nitrogen and oxygen atoms in total. The number of rotatable bonds is 6. The number of hydrogen-bond donors (Lipinski definition) is 1. The monoisotopic (exact) mass is 385 g/mol. The average molecular weight is 386 g/mol. The first-order chi connectivity index (χ1) is 13.1. The predicted octanol–water partition coefficient (Wildman–Crippen LogP) is 4.45. The molecule has 2 aromatic heterocycles. The number of carbonyl (C=O) groups is 1. The first-order valence-electron chi connectivity index (χ1n) is 10.3. The molecule has 1 unspecified atom stereocenters. The largest absolute Gasteiger partial charge is 0.353 e. The summed E-state index contributed by atoms with van der Waals surface area (Å²) >= 11 is 1.58. The molecule has 4 fully saturated rings. The molecule has 4 aliphatic carbocycles. The Morgan fingerprint density at radius 2 is 2.00 bits per heavy atom. The summed E-state index contributed by atoms with van der Waals surface area (Å²) in [7, 11) is 0. The van der Waals surface area contributed by atoms with E-state index in [4.69, 9.17) is 4.52 Å². The maximum Gasteiger partial charge on any atom is 0.227 e. The molecule has 2 aromatic rings. The molecule has 0 spiro atoms. The zero-order valence-corrected chi connectivity index (χ0v) is 16.6. The van der Waals surface area contributed by atoms with Gasteiger partial charge in [-0.1, -0.05) is 11.2 Å². The van der Waals surface area contributed by atoms with Crippen LogP contribution in [0.3, 0.4) is 0 Å². The normalized spacial score (nSPS) is 32.6. The van der Waals surface area contributed by atoms with Crippen LogP contribution < -0.4 is 5.32 Å². The van der Waals surface area contributed by atoms with Crippen molar-refractivity contribution in [2.45, 2.75) is 64.3 Å². The topological polar surface area (TPSA) is 68.0 Å². The van der Waals surface area contributed by atoms with Crippen LogP contribution in [0.4, 0.5) is 0 Å². The highest BCUT2D eigenvalue weighted by Crippen LogP contribution is 2.61. The number of aromatic nitrogens is 2. The van der Waals surface area contributed by atoms with Crippen LogP contribution in [0, 0.1) is 23.2 Å². The molecule has 0 aromatic carbocycles. The molecule has 27 heavy (non-hydrogen) atoms. The zero-order valence-electron chi connectivity index (χ0n) is 15.8. The molecular formula is C21H27N3O2S. The molecule has 2 heterocycles. The molecule has 4 aliphatic rings. The predicted molar refractivity (Wildman–Crippen MR) is 104 cm³/mol. The molecule has 6 heteroatoms. The van der Waals surface area contributed by atoms with Gasteiger partial charge in [-0.2, -0.15) is 4.98 Å². The maximum absolute atomic E-state index is 12.6. The molecule has 144 valence electrons. The minimum atomic E-state index is 0.106. The molecule has 1 N–H and O–H groups in total. The van der Waals surface area contributed by atoms with E-state index in [1.54, 1.807) is 11.3 Å². The number of nitrogens with one attached hydrogen (secondary N) is 1. The average Bonchev–Trinajstić information content (AvgIpc) is 3.30. The van der Waals surface area contributed by atoms with Crippen LogP contribution >= 0.6 is 11.3 Å². The molecule has 4 saturated carbocycles. The second kappa shape index (κ2) is 6.73. The Hall–Kier alpha value is -1.69. The number of hydrogen-bond acceptors (Lipinski definition) is 5. The molecule has 4 bridgehead atoms. The van der Waals surface area contributed by atoms with E-state index in [9.17, 15) is 4.79 Å². The van der Waals surface area contributed by atoms with Crippen molar-refractivity contribution in [2.75, 3.05) is 0 Å². The Morgan fingerprint density at radius 1 is 1.30 bits per heavy atom. The van der Waals surface area contributed by atoms with Gasteiger partial charge in [-0.15, -0.1) is 11.3 Å². The highest BCUT2D eigenvalue weighted by Gasteiger charge is 2.53. The van der Waals surface area contributed by atoms with Gasteiger partial charge < -0.3 is 9.84 Å². The third kappa shape index (κ3) is 3.33. The van der Waals surface area contributed by atoms with E-state index in [0.717, 1.165) is 22.6 Å². The smallest absolute Gasteiger partial charge is 0.227 e. The number of nitrogens with zero attached hydrogens (tertiary/aromatic N) is 2. The quantitative estimate of drug-likeness (QED) is 0.797. The second-order valence-corrected chi connectivity index (χ2v) is 10.0. The van der Waals surface area contributed by atoms with E-state index in [0.29, 0.717) is 30.0 Å². The standard InChI is InChI=1S/C21H27N3O2S/c1-13(21-10-14-7-15(11-21)9-16(8-14)12-21)22-18(25)4-5-19-23-20(24-26-19)17-3-2-6-27-17/h2-3,6,13-16H,4-5,7-12H2,1H3,(H,22,25). The van der Waals surface area contributed by atoms with Crippen molar-refractivity contribution in [3.63, 3.8) is 0 Å². The lowest BCUT2D eigenvalue weighted by Gasteiger charge is -2.59. The lowest BCUT2D eigenvalue weighted by atomic mass is 9.48. The summed E-state index contributed by atoms with van der Waals surface area (Å²) in [6.45, 7) is 2.23. The lowest BCUT2D eigenvalue weighted by Crippen LogP contribution is -2.55.